The minimum absolute atomic E-state index is 0.0262. The maximum Gasteiger partial charge on any atom is 0.303 e. The van der Waals surface area contributed by atoms with Gasteiger partial charge >= 0.3 is 17.9 Å². The van der Waals surface area contributed by atoms with E-state index < -0.39 is 18.0 Å². The van der Waals surface area contributed by atoms with E-state index in [9.17, 15) is 14.4 Å². The largest absolute Gasteiger partial charge is 0.466 e. The van der Waals surface area contributed by atoms with Crippen LogP contribution in [0.1, 0.15) is 27.7 Å². The molecule has 0 saturated carbocycles. The van der Waals surface area contributed by atoms with Gasteiger partial charge in [-0.2, -0.15) is 0 Å². The van der Waals surface area contributed by atoms with Crippen LogP contribution >= 0.6 is 0 Å². The summed E-state index contributed by atoms with van der Waals surface area (Å²) in [5, 5.41) is 0. The molecule has 0 aliphatic carbocycles. The fraction of sp³-hybridized carbons (Fsp3) is 0.583. The SMILES string of the molecule is C=CC(COC(C)=O)OC(C)=O.CCOC(C)=O. The number of rotatable bonds is 5. The van der Waals surface area contributed by atoms with Gasteiger partial charge in [-0.15, -0.1) is 0 Å². The summed E-state index contributed by atoms with van der Waals surface area (Å²) in [6, 6.07) is 0. The average molecular weight is 260 g/mol. The summed E-state index contributed by atoms with van der Waals surface area (Å²) >= 11 is 0. The van der Waals surface area contributed by atoms with E-state index in [1.54, 1.807) is 6.92 Å². The lowest BCUT2D eigenvalue weighted by atomic mass is 10.4. The third-order valence-corrected chi connectivity index (χ3v) is 1.38. The Bertz CT molecular complexity index is 284. The number of hydrogen-bond acceptors (Lipinski definition) is 6. The molecule has 0 heterocycles. The average Bonchev–Trinajstić information content (AvgIpc) is 2.24. The van der Waals surface area contributed by atoms with Crippen molar-refractivity contribution in [2.45, 2.75) is 33.8 Å². The van der Waals surface area contributed by atoms with Crippen LogP contribution in [-0.2, 0) is 28.6 Å². The predicted octanol–water partition coefficient (Wildman–Crippen LogP) is 1.24. The van der Waals surface area contributed by atoms with Crippen molar-refractivity contribution in [3.63, 3.8) is 0 Å². The molecule has 0 spiro atoms. The molecule has 0 saturated heterocycles. The van der Waals surface area contributed by atoms with Crippen LogP contribution in [0.25, 0.3) is 0 Å². The Morgan fingerprint density at radius 1 is 1.06 bits per heavy atom. The van der Waals surface area contributed by atoms with E-state index in [0.717, 1.165) is 0 Å². The maximum absolute atomic E-state index is 10.4. The standard InChI is InChI=1S/C8H12O4.C4H8O2/c1-4-8(12-7(3)10)5-11-6(2)9;1-3-6-4(2)5/h4,8H,1,5H2,2-3H3;3H2,1-2H3. The Morgan fingerprint density at radius 3 is 1.78 bits per heavy atom. The van der Waals surface area contributed by atoms with Crippen LogP contribution in [0.15, 0.2) is 12.7 Å². The topological polar surface area (TPSA) is 78.9 Å². The fourth-order valence-electron chi connectivity index (χ4n) is 0.766. The molecular weight excluding hydrogens is 240 g/mol. The van der Waals surface area contributed by atoms with Gasteiger partial charge in [0.2, 0.25) is 0 Å². The summed E-state index contributed by atoms with van der Waals surface area (Å²) in [6.07, 6.45) is 0.857. The molecule has 0 rings (SSSR count). The van der Waals surface area contributed by atoms with E-state index >= 15 is 0 Å². The zero-order chi connectivity index (χ0) is 14.6. The van der Waals surface area contributed by atoms with E-state index in [-0.39, 0.29) is 12.6 Å². The van der Waals surface area contributed by atoms with Gasteiger partial charge in [0.05, 0.1) is 6.61 Å². The molecule has 6 nitrogen and oxygen atoms in total. The predicted molar refractivity (Wildman–Crippen MR) is 64.7 cm³/mol. The van der Waals surface area contributed by atoms with Gasteiger partial charge in [-0.25, -0.2) is 0 Å². The van der Waals surface area contributed by atoms with Crippen molar-refractivity contribution >= 4 is 17.9 Å². The highest BCUT2D eigenvalue weighted by atomic mass is 16.6. The lowest BCUT2D eigenvalue weighted by molar-refractivity contribution is -0.153. The lowest BCUT2D eigenvalue weighted by Crippen LogP contribution is -2.21. The van der Waals surface area contributed by atoms with Crippen molar-refractivity contribution in [1.29, 1.82) is 0 Å². The summed E-state index contributed by atoms with van der Waals surface area (Å²) in [5.74, 6) is -1.04. The molecule has 0 aliphatic heterocycles. The van der Waals surface area contributed by atoms with Crippen LogP contribution in [0, 0.1) is 0 Å². The minimum atomic E-state index is -0.550. The zero-order valence-corrected chi connectivity index (χ0v) is 11.2. The van der Waals surface area contributed by atoms with E-state index in [4.69, 9.17) is 4.74 Å². The molecule has 1 unspecified atom stereocenters. The van der Waals surface area contributed by atoms with Crippen LogP contribution in [0.2, 0.25) is 0 Å². The highest BCUT2D eigenvalue weighted by Crippen LogP contribution is 1.95. The Balaban J connectivity index is 0. The smallest absolute Gasteiger partial charge is 0.303 e. The first-order valence-electron chi connectivity index (χ1n) is 5.39. The number of carbonyl (C=O) groups excluding carboxylic acids is 3. The number of hydrogen-bond donors (Lipinski definition) is 0. The van der Waals surface area contributed by atoms with Crippen LogP contribution < -0.4 is 0 Å². The molecule has 0 bridgehead atoms. The van der Waals surface area contributed by atoms with Gasteiger partial charge in [0, 0.05) is 20.8 Å². The van der Waals surface area contributed by atoms with Crippen molar-refractivity contribution in [2.24, 2.45) is 0 Å². The third-order valence-electron chi connectivity index (χ3n) is 1.38. The van der Waals surface area contributed by atoms with Gasteiger partial charge in [-0.05, 0) is 13.0 Å². The molecule has 0 amide bonds. The van der Waals surface area contributed by atoms with E-state index in [1.165, 1.54) is 26.8 Å². The normalized spacial score (nSPS) is 10.2. The molecule has 0 fully saturated rings. The summed E-state index contributed by atoms with van der Waals surface area (Å²) in [6.45, 7) is 9.67. The second-order valence-electron chi connectivity index (χ2n) is 3.11. The second kappa shape index (κ2) is 11.6. The Labute approximate surface area is 107 Å². The van der Waals surface area contributed by atoms with Gasteiger partial charge in [-0.3, -0.25) is 14.4 Å². The van der Waals surface area contributed by atoms with Gasteiger partial charge in [0.1, 0.15) is 6.61 Å². The zero-order valence-electron chi connectivity index (χ0n) is 11.2. The molecule has 0 aliphatic rings. The van der Waals surface area contributed by atoms with Crippen LogP contribution in [0.5, 0.6) is 0 Å². The summed E-state index contributed by atoms with van der Waals surface area (Å²) in [4.78, 5) is 30.6. The molecule has 6 heteroatoms. The van der Waals surface area contributed by atoms with Gasteiger partial charge in [-0.1, -0.05) is 6.58 Å². The first kappa shape index (κ1) is 18.5. The molecular formula is C12H20O6. The van der Waals surface area contributed by atoms with Crippen LogP contribution in [0.4, 0.5) is 0 Å². The molecule has 0 aromatic carbocycles. The van der Waals surface area contributed by atoms with Crippen LogP contribution in [0.3, 0.4) is 0 Å². The quantitative estimate of drug-likeness (QED) is 0.420. The Hall–Kier alpha value is -1.85. The number of ether oxygens (including phenoxy) is 3. The van der Waals surface area contributed by atoms with E-state index in [0.29, 0.717) is 6.61 Å². The van der Waals surface area contributed by atoms with Crippen molar-refractivity contribution in [3.05, 3.63) is 12.7 Å². The summed E-state index contributed by atoms with van der Waals surface area (Å²) in [5.41, 5.74) is 0. The molecule has 18 heavy (non-hydrogen) atoms. The molecule has 0 radical (unpaired) electrons. The molecule has 0 N–H and O–H groups in total. The lowest BCUT2D eigenvalue weighted by Gasteiger charge is -2.11. The second-order valence-corrected chi connectivity index (χ2v) is 3.11. The van der Waals surface area contributed by atoms with Crippen molar-refractivity contribution in [1.82, 2.24) is 0 Å². The first-order chi connectivity index (χ1) is 8.33. The summed E-state index contributed by atoms with van der Waals surface area (Å²) in [7, 11) is 0. The molecule has 104 valence electrons. The van der Waals surface area contributed by atoms with Crippen molar-refractivity contribution < 1.29 is 28.6 Å². The molecule has 0 aromatic rings. The highest BCUT2D eigenvalue weighted by molar-refractivity contribution is 5.67. The number of esters is 3. The highest BCUT2D eigenvalue weighted by Gasteiger charge is 2.08. The van der Waals surface area contributed by atoms with E-state index in [2.05, 4.69) is 16.1 Å². The van der Waals surface area contributed by atoms with Crippen LogP contribution in [-0.4, -0.2) is 37.2 Å². The Kier molecular flexibility index (Phi) is 12.0. The molecule has 1 atom stereocenters. The van der Waals surface area contributed by atoms with Crippen molar-refractivity contribution in [2.75, 3.05) is 13.2 Å². The third kappa shape index (κ3) is 16.6. The number of carbonyl (C=O) groups is 3. The minimum Gasteiger partial charge on any atom is -0.466 e. The van der Waals surface area contributed by atoms with Gasteiger partial charge < -0.3 is 14.2 Å². The van der Waals surface area contributed by atoms with Crippen molar-refractivity contribution in [3.8, 4) is 0 Å². The fourth-order valence-corrected chi connectivity index (χ4v) is 0.766. The molecule has 0 aromatic heterocycles. The van der Waals surface area contributed by atoms with Gasteiger partial charge in [0.25, 0.3) is 0 Å². The van der Waals surface area contributed by atoms with Gasteiger partial charge in [0.15, 0.2) is 6.10 Å². The maximum atomic E-state index is 10.4. The van der Waals surface area contributed by atoms with E-state index in [1.807, 2.05) is 0 Å². The Morgan fingerprint density at radius 2 is 1.56 bits per heavy atom. The monoisotopic (exact) mass is 260 g/mol. The first-order valence-corrected chi connectivity index (χ1v) is 5.39. The summed E-state index contributed by atoms with van der Waals surface area (Å²) < 4.78 is 13.7.